The van der Waals surface area contributed by atoms with Gasteiger partial charge in [0.25, 0.3) is 0 Å². The molecule has 0 radical (unpaired) electrons. The number of benzene rings is 1. The maximum atomic E-state index is 11.6. The molecule has 0 aromatic heterocycles. The largest absolute Gasteiger partial charge is 0.480 e. The molecule has 21 heavy (non-hydrogen) atoms. The Morgan fingerprint density at radius 3 is 2.52 bits per heavy atom. The van der Waals surface area contributed by atoms with Gasteiger partial charge in [0.2, 0.25) is 0 Å². The summed E-state index contributed by atoms with van der Waals surface area (Å²) < 4.78 is 0. The van der Waals surface area contributed by atoms with E-state index in [1.54, 1.807) is 6.92 Å². The third-order valence-corrected chi connectivity index (χ3v) is 3.37. The number of nitrogens with zero attached hydrogens (tertiary/aromatic N) is 4. The van der Waals surface area contributed by atoms with E-state index in [1.807, 2.05) is 43.3 Å². The summed E-state index contributed by atoms with van der Waals surface area (Å²) in [7, 11) is 3.86. The minimum atomic E-state index is -1.17. The monoisotopic (exact) mass is 291 g/mol. The molecule has 1 unspecified atom stereocenters. The second-order valence-electron chi connectivity index (χ2n) is 5.11. The number of nitrogens with one attached hydrogen (secondary N) is 1. The van der Waals surface area contributed by atoms with Crippen LogP contribution in [-0.4, -0.2) is 38.3 Å². The van der Waals surface area contributed by atoms with Crippen LogP contribution in [0.15, 0.2) is 29.4 Å². The number of carbonyl (C=O) groups is 1. The lowest BCUT2D eigenvalue weighted by Gasteiger charge is -2.27. The number of rotatable bonds is 8. The average Bonchev–Trinajstić information content (AvgIpc) is 2.46. The maximum Gasteiger partial charge on any atom is 0.328 e. The molecule has 0 spiro atoms. The standard InChI is InChI=1S/C14H21N5O2/c1-14(13(20)21,16-9-4-10-17-18-15)11-5-7-12(8-6-11)19(2)3/h5-8,16H,4,9-10H2,1-3H3,(H,20,21). The lowest BCUT2D eigenvalue weighted by atomic mass is 9.91. The summed E-state index contributed by atoms with van der Waals surface area (Å²) in [6.45, 7) is 2.43. The van der Waals surface area contributed by atoms with Crippen LogP contribution >= 0.6 is 0 Å². The normalized spacial score (nSPS) is 13.1. The molecule has 0 aliphatic carbocycles. The van der Waals surface area contributed by atoms with Crippen molar-refractivity contribution in [2.24, 2.45) is 5.11 Å². The van der Waals surface area contributed by atoms with Gasteiger partial charge in [-0.3, -0.25) is 5.32 Å². The number of hydrogen-bond acceptors (Lipinski definition) is 4. The van der Waals surface area contributed by atoms with Gasteiger partial charge in [-0.25, -0.2) is 4.79 Å². The Kier molecular flexibility index (Phi) is 6.02. The minimum absolute atomic E-state index is 0.346. The Hall–Kier alpha value is -2.24. The summed E-state index contributed by atoms with van der Waals surface area (Å²) >= 11 is 0. The molecule has 1 atom stereocenters. The first-order valence-electron chi connectivity index (χ1n) is 6.69. The zero-order valence-electron chi connectivity index (χ0n) is 12.6. The van der Waals surface area contributed by atoms with Crippen molar-refractivity contribution in [1.29, 1.82) is 0 Å². The number of anilines is 1. The molecule has 0 bridgehead atoms. The fourth-order valence-corrected chi connectivity index (χ4v) is 1.93. The van der Waals surface area contributed by atoms with E-state index in [1.165, 1.54) is 0 Å². The second kappa shape index (κ2) is 7.52. The molecule has 1 rings (SSSR count). The van der Waals surface area contributed by atoms with Gasteiger partial charge in [-0.2, -0.15) is 0 Å². The highest BCUT2D eigenvalue weighted by Crippen LogP contribution is 2.23. The fourth-order valence-electron chi connectivity index (χ4n) is 1.93. The molecule has 1 aromatic rings. The molecule has 0 fully saturated rings. The lowest BCUT2D eigenvalue weighted by Crippen LogP contribution is -2.47. The van der Waals surface area contributed by atoms with E-state index in [4.69, 9.17) is 5.53 Å². The summed E-state index contributed by atoms with van der Waals surface area (Å²) in [6, 6.07) is 7.39. The Morgan fingerprint density at radius 1 is 1.43 bits per heavy atom. The molecule has 0 aliphatic rings. The first-order chi connectivity index (χ1) is 9.91. The number of azide groups is 1. The van der Waals surface area contributed by atoms with Crippen molar-refractivity contribution >= 4 is 11.7 Å². The predicted molar refractivity (Wildman–Crippen MR) is 82.4 cm³/mol. The van der Waals surface area contributed by atoms with Crippen molar-refractivity contribution in [3.63, 3.8) is 0 Å². The number of carboxylic acids is 1. The van der Waals surface area contributed by atoms with Gasteiger partial charge in [-0.1, -0.05) is 17.2 Å². The molecule has 0 saturated carbocycles. The van der Waals surface area contributed by atoms with Gasteiger partial charge in [-0.15, -0.1) is 0 Å². The molecular weight excluding hydrogens is 270 g/mol. The Labute approximate surface area is 124 Å². The van der Waals surface area contributed by atoms with E-state index in [-0.39, 0.29) is 0 Å². The van der Waals surface area contributed by atoms with Crippen LogP contribution < -0.4 is 10.2 Å². The fraction of sp³-hybridized carbons (Fsp3) is 0.500. The maximum absolute atomic E-state index is 11.6. The van der Waals surface area contributed by atoms with Crippen LogP contribution in [0.5, 0.6) is 0 Å². The molecule has 0 amide bonds. The van der Waals surface area contributed by atoms with Crippen molar-refractivity contribution < 1.29 is 9.90 Å². The summed E-state index contributed by atoms with van der Waals surface area (Å²) in [5, 5.41) is 16.0. The van der Waals surface area contributed by atoms with Crippen molar-refractivity contribution in [3.8, 4) is 0 Å². The molecule has 114 valence electrons. The van der Waals surface area contributed by atoms with Crippen LogP contribution in [0.3, 0.4) is 0 Å². The zero-order valence-corrected chi connectivity index (χ0v) is 12.6. The van der Waals surface area contributed by atoms with E-state index in [0.29, 0.717) is 25.1 Å². The van der Waals surface area contributed by atoms with Crippen molar-refractivity contribution in [2.75, 3.05) is 32.1 Å². The first kappa shape index (κ1) is 16.8. The van der Waals surface area contributed by atoms with E-state index in [0.717, 1.165) is 5.69 Å². The zero-order chi connectivity index (χ0) is 15.9. The van der Waals surface area contributed by atoms with Crippen LogP contribution in [0.2, 0.25) is 0 Å². The van der Waals surface area contributed by atoms with Gasteiger partial charge < -0.3 is 10.0 Å². The Bertz CT molecular complexity index is 523. The summed E-state index contributed by atoms with van der Waals surface area (Å²) in [5.41, 5.74) is 8.73. The quantitative estimate of drug-likeness (QED) is 0.332. The van der Waals surface area contributed by atoms with Crippen LogP contribution in [-0.2, 0) is 10.3 Å². The topological polar surface area (TPSA) is 101 Å². The highest BCUT2D eigenvalue weighted by molar-refractivity contribution is 5.80. The highest BCUT2D eigenvalue weighted by atomic mass is 16.4. The molecule has 7 nitrogen and oxygen atoms in total. The number of aliphatic carboxylic acids is 1. The van der Waals surface area contributed by atoms with E-state index in [9.17, 15) is 9.90 Å². The van der Waals surface area contributed by atoms with Crippen molar-refractivity contribution in [3.05, 3.63) is 40.3 Å². The third kappa shape index (κ3) is 4.37. The van der Waals surface area contributed by atoms with Gasteiger partial charge >= 0.3 is 5.97 Å². The Morgan fingerprint density at radius 2 is 2.05 bits per heavy atom. The van der Waals surface area contributed by atoms with Gasteiger partial charge in [0.1, 0.15) is 5.54 Å². The van der Waals surface area contributed by atoms with Crippen molar-refractivity contribution in [1.82, 2.24) is 5.32 Å². The van der Waals surface area contributed by atoms with Crippen molar-refractivity contribution in [2.45, 2.75) is 18.9 Å². The van der Waals surface area contributed by atoms with Gasteiger partial charge in [0.05, 0.1) is 0 Å². The SMILES string of the molecule is CN(C)c1ccc(C(C)(NCCCN=[N+]=[N-])C(=O)O)cc1. The molecule has 7 heteroatoms. The Balaban J connectivity index is 2.83. The molecular formula is C14H21N5O2. The third-order valence-electron chi connectivity index (χ3n) is 3.37. The molecule has 2 N–H and O–H groups in total. The van der Waals surface area contributed by atoms with E-state index < -0.39 is 11.5 Å². The molecule has 0 saturated heterocycles. The van der Waals surface area contributed by atoms with Crippen LogP contribution in [0.4, 0.5) is 5.69 Å². The average molecular weight is 291 g/mol. The molecule has 0 heterocycles. The summed E-state index contributed by atoms with van der Waals surface area (Å²) in [6.07, 6.45) is 0.586. The highest BCUT2D eigenvalue weighted by Gasteiger charge is 2.34. The van der Waals surface area contributed by atoms with Gasteiger partial charge in [0, 0.05) is 31.2 Å². The van der Waals surface area contributed by atoms with Crippen LogP contribution in [0.25, 0.3) is 10.4 Å². The summed E-state index contributed by atoms with van der Waals surface area (Å²) in [4.78, 5) is 16.2. The minimum Gasteiger partial charge on any atom is -0.480 e. The predicted octanol–water partition coefficient (Wildman–Crippen LogP) is 2.34. The number of carboxylic acid groups (broad SMARTS) is 1. The van der Waals surface area contributed by atoms with E-state index in [2.05, 4.69) is 15.3 Å². The van der Waals surface area contributed by atoms with Gasteiger partial charge in [-0.05, 0) is 43.1 Å². The van der Waals surface area contributed by atoms with Crippen LogP contribution in [0, 0.1) is 0 Å². The lowest BCUT2D eigenvalue weighted by molar-refractivity contribution is -0.144. The molecule has 0 aliphatic heterocycles. The second-order valence-corrected chi connectivity index (χ2v) is 5.11. The first-order valence-corrected chi connectivity index (χ1v) is 6.69. The smallest absolute Gasteiger partial charge is 0.328 e. The van der Waals surface area contributed by atoms with Crippen LogP contribution in [0.1, 0.15) is 18.9 Å². The summed E-state index contributed by atoms with van der Waals surface area (Å²) in [5.74, 6) is -0.941. The van der Waals surface area contributed by atoms with Gasteiger partial charge in [0.15, 0.2) is 0 Å². The van der Waals surface area contributed by atoms with E-state index >= 15 is 0 Å². The molecule has 1 aromatic carbocycles. The number of hydrogen-bond donors (Lipinski definition) is 2.